The number of nitrogen functional groups attached to an aromatic ring is 1. The van der Waals surface area contributed by atoms with Crippen molar-refractivity contribution in [3.05, 3.63) is 18.2 Å². The lowest BCUT2D eigenvalue weighted by atomic mass is 10.2. The standard InChI is InChI=1S/C13H21N3O/c1-16-7-3-4-10(16)9-15-13-6-5-11(17-2)8-12(13)14/h5-6,8,10,15H,3-4,7,9,14H2,1-2H3. The van der Waals surface area contributed by atoms with Gasteiger partial charge in [-0.2, -0.15) is 0 Å². The molecule has 0 saturated carbocycles. The van der Waals surface area contributed by atoms with Gasteiger partial charge >= 0.3 is 0 Å². The Labute approximate surface area is 103 Å². The Balaban J connectivity index is 1.94. The highest BCUT2D eigenvalue weighted by atomic mass is 16.5. The van der Waals surface area contributed by atoms with Gasteiger partial charge in [-0.05, 0) is 38.6 Å². The molecule has 4 heteroatoms. The molecule has 17 heavy (non-hydrogen) atoms. The van der Waals surface area contributed by atoms with E-state index in [-0.39, 0.29) is 0 Å². The fourth-order valence-electron chi connectivity index (χ4n) is 2.29. The smallest absolute Gasteiger partial charge is 0.121 e. The van der Waals surface area contributed by atoms with Crippen molar-refractivity contribution in [2.75, 3.05) is 38.3 Å². The Morgan fingerprint density at radius 2 is 2.35 bits per heavy atom. The van der Waals surface area contributed by atoms with Gasteiger partial charge in [0.15, 0.2) is 0 Å². The number of nitrogens with two attached hydrogens (primary N) is 1. The number of benzene rings is 1. The maximum Gasteiger partial charge on any atom is 0.121 e. The van der Waals surface area contributed by atoms with Crippen LogP contribution in [0.1, 0.15) is 12.8 Å². The Morgan fingerprint density at radius 1 is 1.53 bits per heavy atom. The number of likely N-dealkylation sites (N-methyl/N-ethyl adjacent to an activating group) is 1. The predicted molar refractivity (Wildman–Crippen MR) is 71.5 cm³/mol. The van der Waals surface area contributed by atoms with E-state index in [0.717, 1.165) is 23.7 Å². The third-order valence-electron chi connectivity index (χ3n) is 3.46. The first-order valence-electron chi connectivity index (χ1n) is 6.08. The molecule has 1 heterocycles. The van der Waals surface area contributed by atoms with Crippen LogP contribution in [0.15, 0.2) is 18.2 Å². The van der Waals surface area contributed by atoms with Crippen molar-refractivity contribution < 1.29 is 4.74 Å². The molecule has 1 aliphatic heterocycles. The van der Waals surface area contributed by atoms with E-state index in [1.54, 1.807) is 7.11 Å². The van der Waals surface area contributed by atoms with E-state index in [1.807, 2.05) is 18.2 Å². The second-order valence-corrected chi connectivity index (χ2v) is 4.61. The number of hydrogen-bond donors (Lipinski definition) is 2. The molecule has 4 nitrogen and oxygen atoms in total. The number of methoxy groups -OCH3 is 1. The van der Waals surface area contributed by atoms with E-state index in [1.165, 1.54) is 19.4 Å². The third kappa shape index (κ3) is 2.82. The summed E-state index contributed by atoms with van der Waals surface area (Å²) in [5, 5.41) is 3.41. The van der Waals surface area contributed by atoms with E-state index in [0.29, 0.717) is 6.04 Å². The maximum absolute atomic E-state index is 5.96. The summed E-state index contributed by atoms with van der Waals surface area (Å²) >= 11 is 0. The second-order valence-electron chi connectivity index (χ2n) is 4.61. The lowest BCUT2D eigenvalue weighted by Crippen LogP contribution is -2.31. The maximum atomic E-state index is 5.96. The normalized spacial score (nSPS) is 20.5. The molecule has 2 rings (SSSR count). The monoisotopic (exact) mass is 235 g/mol. The fourth-order valence-corrected chi connectivity index (χ4v) is 2.29. The van der Waals surface area contributed by atoms with E-state index in [9.17, 15) is 0 Å². The van der Waals surface area contributed by atoms with Crippen LogP contribution in [0.4, 0.5) is 11.4 Å². The summed E-state index contributed by atoms with van der Waals surface area (Å²) in [5.41, 5.74) is 7.69. The summed E-state index contributed by atoms with van der Waals surface area (Å²) in [6, 6.07) is 6.37. The SMILES string of the molecule is COc1ccc(NCC2CCCN2C)c(N)c1. The van der Waals surface area contributed by atoms with Gasteiger partial charge in [-0.15, -0.1) is 0 Å². The fraction of sp³-hybridized carbons (Fsp3) is 0.538. The zero-order chi connectivity index (χ0) is 12.3. The lowest BCUT2D eigenvalue weighted by molar-refractivity contribution is 0.322. The van der Waals surface area contributed by atoms with Crippen molar-refractivity contribution in [2.24, 2.45) is 0 Å². The molecule has 0 bridgehead atoms. The highest BCUT2D eigenvalue weighted by Crippen LogP contribution is 2.24. The average molecular weight is 235 g/mol. The topological polar surface area (TPSA) is 50.5 Å². The van der Waals surface area contributed by atoms with Gasteiger partial charge in [0.25, 0.3) is 0 Å². The molecule has 1 aromatic rings. The van der Waals surface area contributed by atoms with Crippen LogP contribution >= 0.6 is 0 Å². The Kier molecular flexibility index (Phi) is 3.74. The van der Waals surface area contributed by atoms with Crippen LogP contribution in [0.25, 0.3) is 0 Å². The van der Waals surface area contributed by atoms with E-state index in [2.05, 4.69) is 17.3 Å². The quantitative estimate of drug-likeness (QED) is 0.781. The van der Waals surface area contributed by atoms with Crippen LogP contribution in [-0.2, 0) is 0 Å². The zero-order valence-electron chi connectivity index (χ0n) is 10.6. The van der Waals surface area contributed by atoms with Gasteiger partial charge in [0, 0.05) is 18.7 Å². The molecule has 0 aliphatic carbocycles. The first-order valence-corrected chi connectivity index (χ1v) is 6.08. The lowest BCUT2D eigenvalue weighted by Gasteiger charge is -2.21. The van der Waals surface area contributed by atoms with Gasteiger partial charge in [-0.3, -0.25) is 0 Å². The molecule has 1 aromatic carbocycles. The van der Waals surface area contributed by atoms with Crippen molar-refractivity contribution in [3.8, 4) is 5.75 Å². The summed E-state index contributed by atoms with van der Waals surface area (Å²) in [7, 11) is 3.83. The van der Waals surface area contributed by atoms with E-state index >= 15 is 0 Å². The summed E-state index contributed by atoms with van der Waals surface area (Å²) < 4.78 is 5.13. The number of nitrogens with zero attached hydrogens (tertiary/aromatic N) is 1. The van der Waals surface area contributed by atoms with E-state index in [4.69, 9.17) is 10.5 Å². The van der Waals surface area contributed by atoms with Gasteiger partial charge in [0.05, 0.1) is 18.5 Å². The number of ether oxygens (including phenoxy) is 1. The Hall–Kier alpha value is -1.42. The summed E-state index contributed by atoms with van der Waals surface area (Å²) in [5.74, 6) is 0.797. The highest BCUT2D eigenvalue weighted by molar-refractivity contribution is 5.68. The minimum atomic E-state index is 0.622. The van der Waals surface area contributed by atoms with Gasteiger partial charge in [0.2, 0.25) is 0 Å². The zero-order valence-corrected chi connectivity index (χ0v) is 10.6. The van der Waals surface area contributed by atoms with Crippen LogP contribution < -0.4 is 15.8 Å². The molecular weight excluding hydrogens is 214 g/mol. The minimum absolute atomic E-state index is 0.622. The Morgan fingerprint density at radius 3 is 2.94 bits per heavy atom. The van der Waals surface area contributed by atoms with Crippen molar-refractivity contribution in [2.45, 2.75) is 18.9 Å². The molecule has 1 fully saturated rings. The van der Waals surface area contributed by atoms with Gasteiger partial charge in [0.1, 0.15) is 5.75 Å². The third-order valence-corrected chi connectivity index (χ3v) is 3.46. The minimum Gasteiger partial charge on any atom is -0.497 e. The predicted octanol–water partition coefficient (Wildman–Crippen LogP) is 1.78. The number of anilines is 2. The number of likely N-dealkylation sites (tertiary alicyclic amines) is 1. The molecule has 3 N–H and O–H groups in total. The largest absolute Gasteiger partial charge is 0.497 e. The average Bonchev–Trinajstić information content (AvgIpc) is 2.73. The molecule has 1 atom stereocenters. The molecule has 1 saturated heterocycles. The summed E-state index contributed by atoms with van der Waals surface area (Å²) in [4.78, 5) is 2.40. The molecule has 0 aromatic heterocycles. The van der Waals surface area contributed by atoms with Crippen LogP contribution in [0.5, 0.6) is 5.75 Å². The number of hydrogen-bond acceptors (Lipinski definition) is 4. The van der Waals surface area contributed by atoms with Crippen LogP contribution in [0, 0.1) is 0 Å². The number of rotatable bonds is 4. The van der Waals surface area contributed by atoms with Gasteiger partial charge < -0.3 is 20.7 Å². The van der Waals surface area contributed by atoms with Gasteiger partial charge in [-0.1, -0.05) is 0 Å². The van der Waals surface area contributed by atoms with E-state index < -0.39 is 0 Å². The highest BCUT2D eigenvalue weighted by Gasteiger charge is 2.20. The number of nitrogens with one attached hydrogen (secondary N) is 1. The first kappa shape index (κ1) is 12.0. The molecule has 0 amide bonds. The van der Waals surface area contributed by atoms with Crippen molar-refractivity contribution in [1.82, 2.24) is 4.90 Å². The molecular formula is C13H21N3O. The van der Waals surface area contributed by atoms with Crippen LogP contribution in [0.2, 0.25) is 0 Å². The van der Waals surface area contributed by atoms with Crippen LogP contribution in [0.3, 0.4) is 0 Å². The molecule has 0 radical (unpaired) electrons. The molecule has 1 unspecified atom stereocenters. The van der Waals surface area contributed by atoms with Gasteiger partial charge in [-0.25, -0.2) is 0 Å². The molecule has 0 spiro atoms. The Bertz CT molecular complexity index is 381. The van der Waals surface area contributed by atoms with Crippen LogP contribution in [-0.4, -0.2) is 38.2 Å². The second kappa shape index (κ2) is 5.27. The summed E-state index contributed by atoms with van der Waals surface area (Å²) in [6.07, 6.45) is 2.56. The molecule has 94 valence electrons. The van der Waals surface area contributed by atoms with Crippen molar-refractivity contribution >= 4 is 11.4 Å². The first-order chi connectivity index (χ1) is 8.20. The molecule has 1 aliphatic rings. The summed E-state index contributed by atoms with van der Waals surface area (Å²) in [6.45, 7) is 2.15. The van der Waals surface area contributed by atoms with Crippen molar-refractivity contribution in [3.63, 3.8) is 0 Å². The van der Waals surface area contributed by atoms with Crippen molar-refractivity contribution in [1.29, 1.82) is 0 Å².